The van der Waals surface area contributed by atoms with Gasteiger partial charge in [0.15, 0.2) is 11.5 Å². The third kappa shape index (κ3) is 5.20. The van der Waals surface area contributed by atoms with Crippen molar-refractivity contribution in [1.82, 2.24) is 14.7 Å². The van der Waals surface area contributed by atoms with Gasteiger partial charge in [-0.05, 0) is 36.6 Å². The molecule has 3 rings (SSSR count). The Kier molecular flexibility index (Phi) is 6.98. The van der Waals surface area contributed by atoms with Crippen LogP contribution in [0, 0.1) is 0 Å². The number of phenolic OH excluding ortho intramolecular Hbond substituents is 1. The van der Waals surface area contributed by atoms with Gasteiger partial charge in [-0.15, -0.1) is 0 Å². The van der Waals surface area contributed by atoms with Gasteiger partial charge in [0.1, 0.15) is 0 Å². The number of methoxy groups -OCH3 is 2. The average Bonchev–Trinajstić information content (AvgIpc) is 3.28. The largest absolute Gasteiger partial charge is 0.502 e. The first kappa shape index (κ1) is 21.0. The summed E-state index contributed by atoms with van der Waals surface area (Å²) >= 11 is 0. The Morgan fingerprint density at radius 3 is 2.10 bits per heavy atom. The van der Waals surface area contributed by atoms with E-state index in [4.69, 9.17) is 9.47 Å². The first-order valence-electron chi connectivity index (χ1n) is 9.94. The van der Waals surface area contributed by atoms with E-state index in [2.05, 4.69) is 4.90 Å². The summed E-state index contributed by atoms with van der Waals surface area (Å²) in [6.07, 6.45) is 5.38. The van der Waals surface area contributed by atoms with Gasteiger partial charge < -0.3 is 24.4 Å². The lowest BCUT2D eigenvalue weighted by molar-refractivity contribution is -0.132. The molecule has 0 radical (unpaired) electrons. The molecule has 1 aromatic carbocycles. The lowest BCUT2D eigenvalue weighted by Gasteiger charge is -2.34. The maximum atomic E-state index is 12.5. The number of benzene rings is 1. The third-order valence-corrected chi connectivity index (χ3v) is 5.42. The van der Waals surface area contributed by atoms with E-state index in [0.29, 0.717) is 38.3 Å². The summed E-state index contributed by atoms with van der Waals surface area (Å²) in [6.45, 7) is 4.76. The molecule has 0 aliphatic carbocycles. The number of likely N-dealkylation sites (tertiary alicyclic amines) is 1. The van der Waals surface area contributed by atoms with Crippen molar-refractivity contribution in [2.75, 3.05) is 60.0 Å². The quantitative estimate of drug-likeness (QED) is 0.719. The molecular weight excluding hydrogens is 374 g/mol. The van der Waals surface area contributed by atoms with Crippen LogP contribution in [0.1, 0.15) is 18.4 Å². The maximum absolute atomic E-state index is 12.5. The number of rotatable bonds is 6. The van der Waals surface area contributed by atoms with Crippen LogP contribution in [-0.4, -0.2) is 91.7 Å². The van der Waals surface area contributed by atoms with Gasteiger partial charge >= 0.3 is 0 Å². The zero-order valence-corrected chi connectivity index (χ0v) is 17.1. The number of carbonyl (C=O) groups excluding carboxylic acids is 2. The molecule has 2 aliphatic heterocycles. The van der Waals surface area contributed by atoms with Crippen LogP contribution in [0.4, 0.5) is 0 Å². The number of piperazine rings is 1. The molecule has 2 fully saturated rings. The van der Waals surface area contributed by atoms with E-state index in [-0.39, 0.29) is 29.1 Å². The topological polar surface area (TPSA) is 82.6 Å². The zero-order valence-electron chi connectivity index (χ0n) is 17.1. The summed E-state index contributed by atoms with van der Waals surface area (Å²) in [4.78, 5) is 30.6. The van der Waals surface area contributed by atoms with Gasteiger partial charge in [0.05, 0.1) is 20.8 Å². The van der Waals surface area contributed by atoms with E-state index in [0.717, 1.165) is 25.9 Å². The highest BCUT2D eigenvalue weighted by atomic mass is 16.5. The van der Waals surface area contributed by atoms with Crippen LogP contribution in [0.3, 0.4) is 0 Å². The molecule has 2 heterocycles. The fraction of sp³-hybridized carbons (Fsp3) is 0.524. The molecule has 0 bridgehead atoms. The Labute approximate surface area is 171 Å². The van der Waals surface area contributed by atoms with Crippen molar-refractivity contribution in [3.8, 4) is 17.2 Å². The highest BCUT2D eigenvalue weighted by Crippen LogP contribution is 2.37. The minimum atomic E-state index is -0.0819. The molecule has 2 aliphatic rings. The smallest absolute Gasteiger partial charge is 0.246 e. The third-order valence-electron chi connectivity index (χ3n) is 5.42. The molecular formula is C21H29N3O5. The molecule has 0 spiro atoms. The van der Waals surface area contributed by atoms with Crippen LogP contribution in [0.5, 0.6) is 17.2 Å². The molecule has 0 aromatic heterocycles. The van der Waals surface area contributed by atoms with Crippen LogP contribution < -0.4 is 9.47 Å². The monoisotopic (exact) mass is 403 g/mol. The summed E-state index contributed by atoms with van der Waals surface area (Å²) in [7, 11) is 2.92. The van der Waals surface area contributed by atoms with Gasteiger partial charge in [-0.1, -0.05) is 0 Å². The number of amides is 2. The summed E-state index contributed by atoms with van der Waals surface area (Å²) in [5.74, 6) is 0.609. The summed E-state index contributed by atoms with van der Waals surface area (Å²) in [5.41, 5.74) is 0.694. The SMILES string of the molecule is COc1cc(C=CC(=O)N2CCN(CC(=O)N3CCCC3)CC2)cc(OC)c1O. The Hall–Kier alpha value is -2.74. The van der Waals surface area contributed by atoms with Crippen molar-refractivity contribution < 1.29 is 24.2 Å². The number of aromatic hydroxyl groups is 1. The van der Waals surface area contributed by atoms with E-state index < -0.39 is 0 Å². The van der Waals surface area contributed by atoms with Gasteiger partial charge in [0, 0.05) is 45.3 Å². The number of ether oxygens (including phenoxy) is 2. The molecule has 29 heavy (non-hydrogen) atoms. The lowest BCUT2D eigenvalue weighted by Crippen LogP contribution is -2.51. The zero-order chi connectivity index (χ0) is 20.8. The molecule has 0 unspecified atom stereocenters. The number of carbonyl (C=O) groups is 2. The maximum Gasteiger partial charge on any atom is 0.246 e. The second kappa shape index (κ2) is 9.65. The second-order valence-electron chi connectivity index (χ2n) is 7.30. The van der Waals surface area contributed by atoms with Crippen molar-refractivity contribution in [3.05, 3.63) is 23.8 Å². The molecule has 1 N–H and O–H groups in total. The van der Waals surface area contributed by atoms with E-state index in [9.17, 15) is 14.7 Å². The lowest BCUT2D eigenvalue weighted by atomic mass is 10.1. The molecule has 8 heteroatoms. The summed E-state index contributed by atoms with van der Waals surface area (Å²) in [5, 5.41) is 9.97. The van der Waals surface area contributed by atoms with E-state index in [1.165, 1.54) is 20.3 Å². The van der Waals surface area contributed by atoms with E-state index in [1.807, 2.05) is 4.90 Å². The number of nitrogens with zero attached hydrogens (tertiary/aromatic N) is 3. The first-order valence-corrected chi connectivity index (χ1v) is 9.94. The molecule has 2 saturated heterocycles. The fourth-order valence-electron chi connectivity index (χ4n) is 3.67. The first-order chi connectivity index (χ1) is 14.0. The molecule has 0 saturated carbocycles. The van der Waals surface area contributed by atoms with Crippen LogP contribution in [-0.2, 0) is 9.59 Å². The molecule has 158 valence electrons. The van der Waals surface area contributed by atoms with Gasteiger partial charge in [-0.25, -0.2) is 0 Å². The Bertz CT molecular complexity index is 741. The Morgan fingerprint density at radius 1 is 0.966 bits per heavy atom. The van der Waals surface area contributed by atoms with Crippen molar-refractivity contribution in [2.24, 2.45) is 0 Å². The van der Waals surface area contributed by atoms with Crippen molar-refractivity contribution >= 4 is 17.9 Å². The van der Waals surface area contributed by atoms with Gasteiger partial charge in [-0.3, -0.25) is 14.5 Å². The van der Waals surface area contributed by atoms with Gasteiger partial charge in [0.2, 0.25) is 17.6 Å². The number of hydrogen-bond acceptors (Lipinski definition) is 6. The second-order valence-corrected chi connectivity index (χ2v) is 7.30. The summed E-state index contributed by atoms with van der Waals surface area (Å²) in [6, 6.07) is 3.28. The van der Waals surface area contributed by atoms with E-state index >= 15 is 0 Å². The number of phenols is 1. The van der Waals surface area contributed by atoms with Crippen LogP contribution in [0.25, 0.3) is 6.08 Å². The van der Waals surface area contributed by atoms with Gasteiger partial charge in [0.25, 0.3) is 0 Å². The Morgan fingerprint density at radius 2 is 1.55 bits per heavy atom. The molecule has 0 atom stereocenters. The highest BCUT2D eigenvalue weighted by Gasteiger charge is 2.24. The van der Waals surface area contributed by atoms with Crippen LogP contribution in [0.15, 0.2) is 18.2 Å². The predicted molar refractivity (Wildman–Crippen MR) is 109 cm³/mol. The van der Waals surface area contributed by atoms with Crippen molar-refractivity contribution in [1.29, 1.82) is 0 Å². The fourth-order valence-corrected chi connectivity index (χ4v) is 3.67. The van der Waals surface area contributed by atoms with Crippen LogP contribution >= 0.6 is 0 Å². The van der Waals surface area contributed by atoms with E-state index in [1.54, 1.807) is 23.1 Å². The van der Waals surface area contributed by atoms with Crippen molar-refractivity contribution in [3.63, 3.8) is 0 Å². The predicted octanol–water partition coefficient (Wildman–Crippen LogP) is 1.19. The average molecular weight is 403 g/mol. The molecule has 8 nitrogen and oxygen atoms in total. The molecule has 1 aromatic rings. The summed E-state index contributed by atoms with van der Waals surface area (Å²) < 4.78 is 10.3. The normalized spacial score (nSPS) is 17.7. The highest BCUT2D eigenvalue weighted by molar-refractivity contribution is 5.92. The molecule has 2 amide bonds. The minimum absolute atomic E-state index is 0.0712. The van der Waals surface area contributed by atoms with Gasteiger partial charge in [-0.2, -0.15) is 0 Å². The Balaban J connectivity index is 1.52. The van der Waals surface area contributed by atoms with Crippen molar-refractivity contribution in [2.45, 2.75) is 12.8 Å². The van der Waals surface area contributed by atoms with Crippen LogP contribution in [0.2, 0.25) is 0 Å². The number of hydrogen-bond donors (Lipinski definition) is 1. The minimum Gasteiger partial charge on any atom is -0.502 e. The standard InChI is InChI=1S/C21H29N3O5/c1-28-17-13-16(14-18(29-2)21(17)27)5-6-19(25)24-11-9-22(10-12-24)15-20(26)23-7-3-4-8-23/h5-6,13-14,27H,3-4,7-12,15H2,1-2H3.